The molecule has 1 aliphatic rings. The van der Waals surface area contributed by atoms with Crippen LogP contribution in [0.5, 0.6) is 0 Å². The molecule has 0 aliphatic heterocycles. The molecule has 1 rings (SSSR count). The van der Waals surface area contributed by atoms with Crippen molar-refractivity contribution in [2.75, 3.05) is 0 Å². The van der Waals surface area contributed by atoms with Gasteiger partial charge in [0, 0.05) is 6.08 Å². The van der Waals surface area contributed by atoms with Gasteiger partial charge in [-0.25, -0.2) is 0 Å². The minimum absolute atomic E-state index is 0.727. The van der Waals surface area contributed by atoms with Crippen LogP contribution in [0, 0.1) is 23.2 Å². The van der Waals surface area contributed by atoms with E-state index in [1.165, 1.54) is 12.0 Å². The van der Waals surface area contributed by atoms with Gasteiger partial charge in [0.2, 0.25) is 0 Å². The van der Waals surface area contributed by atoms with Crippen molar-refractivity contribution >= 4 is 0 Å². The fourth-order valence-electron chi connectivity index (χ4n) is 1.17. The molecule has 48 valence electrons. The largest absolute Gasteiger partial charge is 0.193 e. The van der Waals surface area contributed by atoms with Gasteiger partial charge in [-0.05, 0) is 25.2 Å². The van der Waals surface area contributed by atoms with Crippen molar-refractivity contribution in [2.45, 2.75) is 20.3 Å². The van der Waals surface area contributed by atoms with Crippen molar-refractivity contribution in [1.82, 2.24) is 0 Å². The van der Waals surface area contributed by atoms with Gasteiger partial charge in [-0.3, -0.25) is 0 Å². The van der Waals surface area contributed by atoms with Crippen LogP contribution >= 0.6 is 0 Å². The second kappa shape index (κ2) is 2.23. The molecule has 1 fully saturated rings. The first kappa shape index (κ1) is 6.35. The molecule has 9 heavy (non-hydrogen) atoms. The Morgan fingerprint density at radius 3 is 2.67 bits per heavy atom. The van der Waals surface area contributed by atoms with Crippen LogP contribution in [0.25, 0.3) is 0 Å². The van der Waals surface area contributed by atoms with Crippen molar-refractivity contribution in [1.29, 1.82) is 5.26 Å². The molecule has 0 aromatic heterocycles. The summed E-state index contributed by atoms with van der Waals surface area (Å²) in [7, 11) is 0. The first-order valence-electron chi connectivity index (χ1n) is 3.32. The van der Waals surface area contributed by atoms with Crippen molar-refractivity contribution in [3.05, 3.63) is 11.6 Å². The Bertz CT molecular complexity index is 173. The van der Waals surface area contributed by atoms with E-state index >= 15 is 0 Å². The minimum atomic E-state index is 0.727. The average Bonchev–Trinajstić information content (AvgIpc) is 2.47. The molecule has 2 atom stereocenters. The van der Waals surface area contributed by atoms with Crippen LogP contribution in [0.4, 0.5) is 0 Å². The van der Waals surface area contributed by atoms with Gasteiger partial charge in [-0.1, -0.05) is 12.5 Å². The van der Waals surface area contributed by atoms with Crippen LogP contribution < -0.4 is 0 Å². The Hall–Kier alpha value is -0.770. The summed E-state index contributed by atoms with van der Waals surface area (Å²) < 4.78 is 0. The third kappa shape index (κ3) is 1.32. The van der Waals surface area contributed by atoms with E-state index in [0.717, 1.165) is 11.8 Å². The summed E-state index contributed by atoms with van der Waals surface area (Å²) in [6.45, 7) is 4.26. The third-order valence-electron chi connectivity index (χ3n) is 1.99. The molecule has 1 aliphatic carbocycles. The van der Waals surface area contributed by atoms with Crippen molar-refractivity contribution < 1.29 is 0 Å². The highest BCUT2D eigenvalue weighted by Crippen LogP contribution is 2.43. The predicted octanol–water partition coefficient (Wildman–Crippen LogP) is 2.11. The Labute approximate surface area is 56.0 Å². The number of nitriles is 1. The maximum absolute atomic E-state index is 8.27. The van der Waals surface area contributed by atoms with Crippen LogP contribution in [0.15, 0.2) is 11.6 Å². The van der Waals surface area contributed by atoms with Gasteiger partial charge in [-0.2, -0.15) is 5.26 Å². The summed E-state index contributed by atoms with van der Waals surface area (Å²) >= 11 is 0. The molecule has 0 N–H and O–H groups in total. The zero-order chi connectivity index (χ0) is 6.85. The van der Waals surface area contributed by atoms with Crippen LogP contribution in [0.3, 0.4) is 0 Å². The predicted molar refractivity (Wildman–Crippen MR) is 36.6 cm³/mol. The van der Waals surface area contributed by atoms with E-state index in [1.54, 1.807) is 6.08 Å². The number of allylic oxidation sites excluding steroid dienone is 2. The zero-order valence-corrected chi connectivity index (χ0v) is 5.89. The molecular formula is C8H11N. The van der Waals surface area contributed by atoms with E-state index < -0.39 is 0 Å². The molecule has 0 saturated heterocycles. The van der Waals surface area contributed by atoms with Crippen LogP contribution in [0.2, 0.25) is 0 Å². The number of rotatable bonds is 1. The number of hydrogen-bond acceptors (Lipinski definition) is 1. The minimum Gasteiger partial charge on any atom is -0.193 e. The Morgan fingerprint density at radius 1 is 1.78 bits per heavy atom. The molecule has 1 saturated carbocycles. The van der Waals surface area contributed by atoms with Crippen molar-refractivity contribution in [2.24, 2.45) is 11.8 Å². The molecule has 0 bridgehead atoms. The van der Waals surface area contributed by atoms with E-state index in [1.807, 2.05) is 13.0 Å². The van der Waals surface area contributed by atoms with Crippen LogP contribution in [0.1, 0.15) is 20.3 Å². The second-order valence-corrected chi connectivity index (χ2v) is 2.84. The van der Waals surface area contributed by atoms with E-state index in [9.17, 15) is 0 Å². The fourth-order valence-corrected chi connectivity index (χ4v) is 1.17. The Morgan fingerprint density at radius 2 is 2.33 bits per heavy atom. The normalized spacial score (nSPS) is 33.7. The molecule has 1 heteroatoms. The topological polar surface area (TPSA) is 23.8 Å². The fraction of sp³-hybridized carbons (Fsp3) is 0.625. The van der Waals surface area contributed by atoms with Crippen LogP contribution in [-0.2, 0) is 0 Å². The summed E-state index contributed by atoms with van der Waals surface area (Å²) in [5, 5.41) is 8.27. The van der Waals surface area contributed by atoms with Gasteiger partial charge in [0.1, 0.15) is 0 Å². The average molecular weight is 121 g/mol. The molecule has 0 amide bonds. The summed E-state index contributed by atoms with van der Waals surface area (Å²) in [6, 6.07) is 2.05. The van der Waals surface area contributed by atoms with Crippen molar-refractivity contribution in [3.8, 4) is 6.07 Å². The quantitative estimate of drug-likeness (QED) is 0.487. The lowest BCUT2D eigenvalue weighted by molar-refractivity contribution is 0.856. The summed E-state index contributed by atoms with van der Waals surface area (Å²) in [5.74, 6) is 1.55. The van der Waals surface area contributed by atoms with E-state index in [2.05, 4.69) is 6.92 Å². The number of nitrogens with zero attached hydrogens (tertiary/aromatic N) is 1. The maximum Gasteiger partial charge on any atom is 0.0911 e. The van der Waals surface area contributed by atoms with Gasteiger partial charge >= 0.3 is 0 Å². The highest BCUT2D eigenvalue weighted by Gasteiger charge is 2.33. The summed E-state index contributed by atoms with van der Waals surface area (Å²) in [4.78, 5) is 0. The van der Waals surface area contributed by atoms with Crippen LogP contribution in [-0.4, -0.2) is 0 Å². The van der Waals surface area contributed by atoms with E-state index in [4.69, 9.17) is 5.26 Å². The van der Waals surface area contributed by atoms with Gasteiger partial charge in [0.15, 0.2) is 0 Å². The third-order valence-corrected chi connectivity index (χ3v) is 1.99. The van der Waals surface area contributed by atoms with Crippen molar-refractivity contribution in [3.63, 3.8) is 0 Å². The Kier molecular flexibility index (Phi) is 1.57. The highest BCUT2D eigenvalue weighted by atomic mass is 14.4. The van der Waals surface area contributed by atoms with Gasteiger partial charge in [0.05, 0.1) is 6.07 Å². The Balaban J connectivity index is 2.47. The zero-order valence-electron chi connectivity index (χ0n) is 5.89. The lowest BCUT2D eigenvalue weighted by Crippen LogP contribution is -1.79. The highest BCUT2D eigenvalue weighted by molar-refractivity contribution is 5.19. The standard InChI is InChI=1S/C8H11N/c1-6(3-4-9)8-5-7(8)2/h3,7-8H,5H2,1-2H3/b6-3+. The summed E-state index contributed by atoms with van der Waals surface area (Å²) in [6.07, 6.45) is 2.94. The van der Waals surface area contributed by atoms with Gasteiger partial charge in [-0.15, -0.1) is 0 Å². The van der Waals surface area contributed by atoms with E-state index in [0.29, 0.717) is 0 Å². The molecule has 0 heterocycles. The lowest BCUT2D eigenvalue weighted by Gasteiger charge is -1.90. The molecule has 2 unspecified atom stereocenters. The monoisotopic (exact) mass is 121 g/mol. The molecule has 1 nitrogen and oxygen atoms in total. The smallest absolute Gasteiger partial charge is 0.0911 e. The molecule has 0 radical (unpaired) electrons. The first-order chi connectivity index (χ1) is 4.25. The maximum atomic E-state index is 8.27. The first-order valence-corrected chi connectivity index (χ1v) is 3.32. The molecular weight excluding hydrogens is 110 g/mol. The van der Waals surface area contributed by atoms with Gasteiger partial charge < -0.3 is 0 Å². The summed E-state index contributed by atoms with van der Waals surface area (Å²) in [5.41, 5.74) is 1.25. The van der Waals surface area contributed by atoms with E-state index in [-0.39, 0.29) is 0 Å². The molecule has 0 aromatic rings. The van der Waals surface area contributed by atoms with Gasteiger partial charge in [0.25, 0.3) is 0 Å². The number of hydrogen-bond donors (Lipinski definition) is 0. The second-order valence-electron chi connectivity index (χ2n) is 2.84. The SMILES string of the molecule is C/C(=C\C#N)C1CC1C. The molecule has 0 aromatic carbocycles. The molecule has 0 spiro atoms. The lowest BCUT2D eigenvalue weighted by atomic mass is 10.1.